The molecule has 1 heterocycles. The predicted molar refractivity (Wildman–Crippen MR) is 87.6 cm³/mol. The van der Waals surface area contributed by atoms with E-state index < -0.39 is 17.0 Å². The Hall–Kier alpha value is -1.89. The number of hydrogen-bond donors (Lipinski definition) is 4. The Balaban J connectivity index is 2.08. The largest absolute Gasteiger partial charge is 0.382 e. The molecule has 0 spiro atoms. The zero-order valence-electron chi connectivity index (χ0n) is 11.6. The van der Waals surface area contributed by atoms with Crippen LogP contribution in [0.2, 0.25) is 0 Å². The number of halogens is 2. The van der Waals surface area contributed by atoms with Gasteiger partial charge in [-0.2, -0.15) is 0 Å². The van der Waals surface area contributed by atoms with E-state index in [0.717, 1.165) is 0 Å². The van der Waals surface area contributed by atoms with E-state index in [1.807, 2.05) is 0 Å². The summed E-state index contributed by atoms with van der Waals surface area (Å²) in [5.74, 6) is -0.0857. The van der Waals surface area contributed by atoms with Gasteiger partial charge in [-0.15, -0.1) is 0 Å². The third kappa shape index (κ3) is 5.06. The fourth-order valence-corrected chi connectivity index (χ4v) is 2.22. The quantitative estimate of drug-likeness (QED) is 0.300. The molecule has 0 aliphatic carbocycles. The lowest BCUT2D eigenvalue weighted by atomic mass is 10.3. The maximum Gasteiger partial charge on any atom is 0.202 e. The maximum absolute atomic E-state index is 13.2. The van der Waals surface area contributed by atoms with Gasteiger partial charge in [0, 0.05) is 13.1 Å². The lowest BCUT2D eigenvalue weighted by Gasteiger charge is -2.04. The van der Waals surface area contributed by atoms with Crippen molar-refractivity contribution in [2.45, 2.75) is 0 Å². The molecule has 0 amide bonds. The van der Waals surface area contributed by atoms with E-state index in [1.165, 1.54) is 18.2 Å². The number of hydrogen-bond acceptors (Lipinski definition) is 6. The fourth-order valence-electron chi connectivity index (χ4n) is 1.55. The van der Waals surface area contributed by atoms with Gasteiger partial charge in [-0.25, -0.2) is 28.1 Å². The van der Waals surface area contributed by atoms with Crippen LogP contribution < -0.4 is 20.9 Å². The molecule has 9 nitrogen and oxygen atoms in total. The number of rotatable bonds is 7. The third-order valence-corrected chi connectivity index (χ3v) is 3.64. The van der Waals surface area contributed by atoms with Gasteiger partial charge in [0.1, 0.15) is 5.82 Å². The standard InChI is InChI=1S/C11H13BrFN7O2S/c12-7-5-6(1-2-8(7)13)18-10(14)9-11(20-22-19-9)16-3-4-17-23(15)21/h1-2,5,17H,3-4,15H2,(H2,14,18)(H,16,20). The highest BCUT2D eigenvalue weighted by molar-refractivity contribution is 9.10. The van der Waals surface area contributed by atoms with E-state index in [2.05, 4.69) is 45.9 Å². The summed E-state index contributed by atoms with van der Waals surface area (Å²) < 4.78 is 31.3. The summed E-state index contributed by atoms with van der Waals surface area (Å²) in [6.45, 7) is 0.691. The first-order chi connectivity index (χ1) is 11.0. The number of anilines is 1. The molecule has 2 aromatic rings. The highest BCUT2D eigenvalue weighted by atomic mass is 79.9. The monoisotopic (exact) mass is 405 g/mol. The van der Waals surface area contributed by atoms with Crippen molar-refractivity contribution >= 4 is 44.4 Å². The van der Waals surface area contributed by atoms with Crippen LogP contribution in [0.25, 0.3) is 0 Å². The molecule has 0 aliphatic rings. The Morgan fingerprint density at radius 1 is 1.43 bits per heavy atom. The van der Waals surface area contributed by atoms with Crippen molar-refractivity contribution in [2.24, 2.45) is 15.9 Å². The van der Waals surface area contributed by atoms with E-state index in [-0.39, 0.29) is 21.8 Å². The fraction of sp³-hybridized carbons (Fsp3) is 0.182. The summed E-state index contributed by atoms with van der Waals surface area (Å²) in [6, 6.07) is 4.20. The number of amidine groups is 1. The molecule has 0 bridgehead atoms. The molecule has 6 N–H and O–H groups in total. The molecule has 0 aliphatic heterocycles. The van der Waals surface area contributed by atoms with Gasteiger partial charge in [-0.3, -0.25) is 0 Å². The minimum absolute atomic E-state index is 0.0441. The van der Waals surface area contributed by atoms with Crippen LogP contribution >= 0.6 is 15.9 Å². The van der Waals surface area contributed by atoms with Crippen LogP contribution in [0.1, 0.15) is 5.69 Å². The molecule has 1 atom stereocenters. The summed E-state index contributed by atoms with van der Waals surface area (Å²) in [5.41, 5.74) is 6.51. The Labute approximate surface area is 141 Å². The smallest absolute Gasteiger partial charge is 0.202 e. The maximum atomic E-state index is 13.2. The van der Waals surface area contributed by atoms with E-state index in [1.54, 1.807) is 0 Å². The number of aromatic nitrogens is 2. The van der Waals surface area contributed by atoms with Crippen molar-refractivity contribution in [3.63, 3.8) is 0 Å². The van der Waals surface area contributed by atoms with Gasteiger partial charge in [-0.1, -0.05) is 0 Å². The second kappa shape index (κ2) is 8.10. The zero-order chi connectivity index (χ0) is 16.8. The predicted octanol–water partition coefficient (Wildman–Crippen LogP) is 0.547. The summed E-state index contributed by atoms with van der Waals surface area (Å²) >= 11 is 1.48. The molecular formula is C11H13BrFN7O2S. The topological polar surface area (TPSA) is 144 Å². The SMILES string of the molecule is NC(=Nc1ccc(F)c(Br)c1)c1nonc1NCCNS(N)=O. The zero-order valence-corrected chi connectivity index (χ0v) is 14.0. The van der Waals surface area contributed by atoms with Crippen LogP contribution in [0.15, 0.2) is 32.3 Å². The molecule has 1 aromatic heterocycles. The van der Waals surface area contributed by atoms with Gasteiger partial charge in [-0.05, 0) is 44.4 Å². The Morgan fingerprint density at radius 2 is 2.22 bits per heavy atom. The van der Waals surface area contributed by atoms with Gasteiger partial charge in [0.25, 0.3) is 0 Å². The average molecular weight is 406 g/mol. The first-order valence-corrected chi connectivity index (χ1v) is 8.23. The minimum Gasteiger partial charge on any atom is -0.382 e. The van der Waals surface area contributed by atoms with Crippen LogP contribution in [0.5, 0.6) is 0 Å². The molecule has 1 aromatic carbocycles. The van der Waals surface area contributed by atoms with E-state index >= 15 is 0 Å². The molecule has 124 valence electrons. The van der Waals surface area contributed by atoms with Crippen molar-refractivity contribution in [2.75, 3.05) is 18.4 Å². The van der Waals surface area contributed by atoms with Gasteiger partial charge in [0.05, 0.1) is 10.2 Å². The van der Waals surface area contributed by atoms with Gasteiger partial charge >= 0.3 is 0 Å². The first kappa shape index (κ1) is 17.5. The number of benzene rings is 1. The molecule has 0 saturated carbocycles. The number of nitrogens with zero attached hydrogens (tertiary/aromatic N) is 3. The highest BCUT2D eigenvalue weighted by Gasteiger charge is 2.14. The van der Waals surface area contributed by atoms with Crippen LogP contribution in [0.3, 0.4) is 0 Å². The molecule has 12 heteroatoms. The lowest BCUT2D eigenvalue weighted by molar-refractivity contribution is 0.308. The Kier molecular flexibility index (Phi) is 6.15. The number of nitrogens with one attached hydrogen (secondary N) is 2. The van der Waals surface area contributed by atoms with Crippen molar-refractivity contribution in [3.05, 3.63) is 34.2 Å². The van der Waals surface area contributed by atoms with Gasteiger partial charge < -0.3 is 11.1 Å². The second-order valence-electron chi connectivity index (χ2n) is 4.18. The normalized spacial score (nSPS) is 13.1. The summed E-state index contributed by atoms with van der Waals surface area (Å²) in [5, 5.41) is 15.3. The third-order valence-electron chi connectivity index (χ3n) is 2.55. The van der Waals surface area contributed by atoms with Crippen LogP contribution in [0.4, 0.5) is 15.9 Å². The molecule has 0 fully saturated rings. The first-order valence-electron chi connectivity index (χ1n) is 6.23. The van der Waals surface area contributed by atoms with Gasteiger partial charge in [0.15, 0.2) is 22.7 Å². The van der Waals surface area contributed by atoms with Gasteiger partial charge in [0.2, 0.25) is 5.82 Å². The molecule has 2 rings (SSSR count). The Morgan fingerprint density at radius 3 is 2.91 bits per heavy atom. The Bertz CT molecular complexity index is 739. The van der Waals surface area contributed by atoms with Crippen LogP contribution in [-0.2, 0) is 11.2 Å². The van der Waals surface area contributed by atoms with Crippen LogP contribution in [-0.4, -0.2) is 33.4 Å². The number of nitrogens with two attached hydrogens (primary N) is 2. The van der Waals surface area contributed by atoms with E-state index in [9.17, 15) is 8.60 Å². The summed E-state index contributed by atoms with van der Waals surface area (Å²) in [7, 11) is 0. The molecule has 1 unspecified atom stereocenters. The van der Waals surface area contributed by atoms with Crippen molar-refractivity contribution in [1.82, 2.24) is 15.0 Å². The molecule has 0 radical (unpaired) electrons. The molecule has 23 heavy (non-hydrogen) atoms. The van der Waals surface area contributed by atoms with E-state index in [0.29, 0.717) is 18.8 Å². The molecular weight excluding hydrogens is 393 g/mol. The molecule has 0 saturated heterocycles. The lowest BCUT2D eigenvalue weighted by Crippen LogP contribution is -2.29. The van der Waals surface area contributed by atoms with E-state index in [4.69, 9.17) is 10.9 Å². The second-order valence-corrected chi connectivity index (χ2v) is 5.91. The minimum atomic E-state index is -1.59. The average Bonchev–Trinajstić information content (AvgIpc) is 2.96. The number of aliphatic imine (C=N–C) groups is 1. The van der Waals surface area contributed by atoms with Crippen molar-refractivity contribution < 1.29 is 13.2 Å². The van der Waals surface area contributed by atoms with Crippen molar-refractivity contribution in [1.29, 1.82) is 0 Å². The highest BCUT2D eigenvalue weighted by Crippen LogP contribution is 2.22. The summed E-state index contributed by atoms with van der Waals surface area (Å²) in [4.78, 5) is 4.13. The van der Waals surface area contributed by atoms with Crippen molar-refractivity contribution in [3.8, 4) is 0 Å². The van der Waals surface area contributed by atoms with Crippen LogP contribution in [0, 0.1) is 5.82 Å². The summed E-state index contributed by atoms with van der Waals surface area (Å²) in [6.07, 6.45) is 0.